The third-order valence-electron chi connectivity index (χ3n) is 5.16. The Morgan fingerprint density at radius 2 is 1.72 bits per heavy atom. The van der Waals surface area contributed by atoms with Gasteiger partial charge in [-0.25, -0.2) is 4.99 Å². The van der Waals surface area contributed by atoms with Gasteiger partial charge in [-0.3, -0.25) is 4.79 Å². The molecule has 2 heterocycles. The highest BCUT2D eigenvalue weighted by Gasteiger charge is 2.25. The minimum Gasteiger partial charge on any atom is -0.459 e. The van der Waals surface area contributed by atoms with Crippen LogP contribution in [0.15, 0.2) is 39.9 Å². The molecule has 1 aromatic heterocycles. The van der Waals surface area contributed by atoms with Crippen LogP contribution < -0.4 is 5.32 Å². The normalized spacial score (nSPS) is 14.6. The van der Waals surface area contributed by atoms with Crippen LogP contribution in [-0.2, 0) is 6.54 Å². The van der Waals surface area contributed by atoms with E-state index in [0.29, 0.717) is 25.4 Å². The van der Waals surface area contributed by atoms with Crippen LogP contribution in [0, 0.1) is 20.8 Å². The molecule has 1 N–H and O–H groups in total. The Bertz CT molecular complexity index is 817. The second-order valence-electron chi connectivity index (χ2n) is 7.30. The number of nitrogens with zero attached hydrogens (tertiary/aromatic N) is 3. The Kier molecular flexibility index (Phi) is 8.55. The highest BCUT2D eigenvalue weighted by molar-refractivity contribution is 14.0. The van der Waals surface area contributed by atoms with Crippen molar-refractivity contribution in [1.82, 2.24) is 15.1 Å². The number of carbonyl (C=O) groups excluding carboxylic acids is 1. The van der Waals surface area contributed by atoms with E-state index in [2.05, 4.69) is 50.0 Å². The largest absolute Gasteiger partial charge is 0.459 e. The first-order chi connectivity index (χ1) is 13.5. The molecule has 3 rings (SSSR count). The Hall–Kier alpha value is -2.03. The molecule has 0 spiro atoms. The molecule has 1 aliphatic heterocycles. The highest BCUT2D eigenvalue weighted by atomic mass is 127. The number of nitrogens with one attached hydrogen (secondary N) is 1. The number of aryl methyl sites for hydroxylation is 3. The van der Waals surface area contributed by atoms with Crippen LogP contribution in [0.5, 0.6) is 0 Å². The topological polar surface area (TPSA) is 61.1 Å². The summed E-state index contributed by atoms with van der Waals surface area (Å²) in [4.78, 5) is 21.4. The van der Waals surface area contributed by atoms with Crippen molar-refractivity contribution in [1.29, 1.82) is 0 Å². The number of hydrogen-bond donors (Lipinski definition) is 1. The average Bonchev–Trinajstić information content (AvgIpc) is 3.20. The first kappa shape index (κ1) is 23.3. The minimum atomic E-state index is -0.0440. The molecule has 1 fully saturated rings. The van der Waals surface area contributed by atoms with Gasteiger partial charge in [-0.05, 0) is 56.5 Å². The standard InChI is InChI=1S/C22H30N4O2.HI/c1-5-23-22(24-15-19-17(3)13-16(2)14-18(19)4)26-10-8-25(9-11-26)21(27)20-7-6-12-28-20;/h6-7,12-14H,5,8-11,15H2,1-4H3,(H,23,24);1H. The van der Waals surface area contributed by atoms with Gasteiger partial charge in [-0.15, -0.1) is 24.0 Å². The lowest BCUT2D eigenvalue weighted by atomic mass is 10.00. The Balaban J connectivity index is 0.00000300. The lowest BCUT2D eigenvalue weighted by molar-refractivity contribution is 0.0657. The number of carbonyl (C=O) groups is 1. The monoisotopic (exact) mass is 510 g/mol. The van der Waals surface area contributed by atoms with Crippen molar-refractivity contribution in [3.63, 3.8) is 0 Å². The van der Waals surface area contributed by atoms with E-state index in [1.165, 1.54) is 28.5 Å². The zero-order valence-corrected chi connectivity index (χ0v) is 20.0. The van der Waals surface area contributed by atoms with Crippen LogP contribution in [0.3, 0.4) is 0 Å². The van der Waals surface area contributed by atoms with E-state index >= 15 is 0 Å². The molecule has 29 heavy (non-hydrogen) atoms. The van der Waals surface area contributed by atoms with Gasteiger partial charge in [0.2, 0.25) is 0 Å². The van der Waals surface area contributed by atoms with Gasteiger partial charge in [0, 0.05) is 32.7 Å². The second kappa shape index (κ2) is 10.7. The number of furan rings is 1. The van der Waals surface area contributed by atoms with Crippen LogP contribution in [-0.4, -0.2) is 54.4 Å². The molecule has 0 saturated carbocycles. The van der Waals surface area contributed by atoms with Crippen molar-refractivity contribution in [2.24, 2.45) is 4.99 Å². The van der Waals surface area contributed by atoms with Crippen molar-refractivity contribution in [3.8, 4) is 0 Å². The molecule has 1 aliphatic rings. The molecule has 2 aromatic rings. The third-order valence-corrected chi connectivity index (χ3v) is 5.16. The molecule has 7 heteroatoms. The van der Waals surface area contributed by atoms with E-state index in [0.717, 1.165) is 25.6 Å². The first-order valence-corrected chi connectivity index (χ1v) is 9.92. The molecule has 0 radical (unpaired) electrons. The number of piperazine rings is 1. The number of hydrogen-bond acceptors (Lipinski definition) is 3. The summed E-state index contributed by atoms with van der Waals surface area (Å²) in [6.45, 7) is 12.8. The number of guanidine groups is 1. The van der Waals surface area contributed by atoms with E-state index in [4.69, 9.17) is 9.41 Å². The van der Waals surface area contributed by atoms with Crippen LogP contribution in [0.2, 0.25) is 0 Å². The van der Waals surface area contributed by atoms with Crippen LogP contribution in [0.4, 0.5) is 0 Å². The van der Waals surface area contributed by atoms with E-state index in [1.54, 1.807) is 12.1 Å². The number of rotatable bonds is 4. The predicted octanol–water partition coefficient (Wildman–Crippen LogP) is 3.75. The van der Waals surface area contributed by atoms with E-state index in [1.807, 2.05) is 4.90 Å². The van der Waals surface area contributed by atoms with Gasteiger partial charge >= 0.3 is 0 Å². The summed E-state index contributed by atoms with van der Waals surface area (Å²) >= 11 is 0. The van der Waals surface area contributed by atoms with Gasteiger partial charge in [-0.2, -0.15) is 0 Å². The Morgan fingerprint density at radius 1 is 1.10 bits per heavy atom. The zero-order valence-electron chi connectivity index (χ0n) is 17.7. The summed E-state index contributed by atoms with van der Waals surface area (Å²) in [6, 6.07) is 7.88. The predicted molar refractivity (Wildman–Crippen MR) is 127 cm³/mol. The highest BCUT2D eigenvalue weighted by Crippen LogP contribution is 2.18. The van der Waals surface area contributed by atoms with Crippen molar-refractivity contribution in [3.05, 3.63) is 58.5 Å². The fraction of sp³-hybridized carbons (Fsp3) is 0.455. The van der Waals surface area contributed by atoms with Gasteiger partial charge in [0.1, 0.15) is 0 Å². The quantitative estimate of drug-likeness (QED) is 0.387. The average molecular weight is 510 g/mol. The summed E-state index contributed by atoms with van der Waals surface area (Å²) in [7, 11) is 0. The Morgan fingerprint density at radius 3 is 2.28 bits per heavy atom. The van der Waals surface area contributed by atoms with Gasteiger partial charge in [0.15, 0.2) is 11.7 Å². The first-order valence-electron chi connectivity index (χ1n) is 9.92. The maximum Gasteiger partial charge on any atom is 0.289 e. The van der Waals surface area contributed by atoms with Crippen LogP contribution >= 0.6 is 24.0 Å². The van der Waals surface area contributed by atoms with Gasteiger partial charge in [0.25, 0.3) is 5.91 Å². The smallest absolute Gasteiger partial charge is 0.289 e. The van der Waals surface area contributed by atoms with E-state index < -0.39 is 0 Å². The van der Waals surface area contributed by atoms with E-state index in [-0.39, 0.29) is 29.9 Å². The number of aliphatic imine (C=N–C) groups is 1. The molecular weight excluding hydrogens is 479 g/mol. The second-order valence-corrected chi connectivity index (χ2v) is 7.30. The SMILES string of the molecule is CCNC(=NCc1c(C)cc(C)cc1C)N1CCN(C(=O)c2ccco2)CC1.I. The van der Waals surface area contributed by atoms with Crippen molar-refractivity contribution < 1.29 is 9.21 Å². The number of benzene rings is 1. The van der Waals surface area contributed by atoms with Crippen LogP contribution in [0.25, 0.3) is 0 Å². The lowest BCUT2D eigenvalue weighted by Crippen LogP contribution is -2.53. The van der Waals surface area contributed by atoms with Gasteiger partial charge in [0.05, 0.1) is 12.8 Å². The summed E-state index contributed by atoms with van der Waals surface area (Å²) < 4.78 is 5.24. The zero-order chi connectivity index (χ0) is 20.1. The molecule has 1 aromatic carbocycles. The number of halogens is 1. The Labute approximate surface area is 190 Å². The third kappa shape index (κ3) is 5.74. The summed E-state index contributed by atoms with van der Waals surface area (Å²) in [5.41, 5.74) is 5.14. The maximum atomic E-state index is 12.4. The fourth-order valence-corrected chi connectivity index (χ4v) is 3.72. The van der Waals surface area contributed by atoms with Gasteiger partial charge in [-0.1, -0.05) is 17.7 Å². The minimum absolute atomic E-state index is 0. The maximum absolute atomic E-state index is 12.4. The molecule has 158 valence electrons. The molecular formula is C22H31IN4O2. The fourth-order valence-electron chi connectivity index (χ4n) is 3.72. The van der Waals surface area contributed by atoms with Crippen LogP contribution in [0.1, 0.15) is 39.7 Å². The lowest BCUT2D eigenvalue weighted by Gasteiger charge is -2.36. The van der Waals surface area contributed by atoms with Crippen molar-refractivity contribution >= 4 is 35.8 Å². The van der Waals surface area contributed by atoms with Crippen molar-refractivity contribution in [2.45, 2.75) is 34.2 Å². The molecule has 6 nitrogen and oxygen atoms in total. The van der Waals surface area contributed by atoms with Crippen molar-refractivity contribution in [2.75, 3.05) is 32.7 Å². The molecule has 0 atom stereocenters. The molecule has 0 aliphatic carbocycles. The summed E-state index contributed by atoms with van der Waals surface area (Å²) in [6.07, 6.45) is 1.54. The summed E-state index contributed by atoms with van der Waals surface area (Å²) in [5, 5.41) is 3.40. The number of amides is 1. The molecule has 0 bridgehead atoms. The molecule has 1 amide bonds. The van der Waals surface area contributed by atoms with E-state index in [9.17, 15) is 4.79 Å². The molecule has 1 saturated heterocycles. The summed E-state index contributed by atoms with van der Waals surface area (Å²) in [5.74, 6) is 1.27. The van der Waals surface area contributed by atoms with Gasteiger partial charge < -0.3 is 19.5 Å². The molecule has 0 unspecified atom stereocenters.